The van der Waals surface area contributed by atoms with Gasteiger partial charge in [-0.05, 0) is 42.7 Å². The highest BCUT2D eigenvalue weighted by molar-refractivity contribution is 5.92. The number of carbonyl (C=O) groups is 1. The summed E-state index contributed by atoms with van der Waals surface area (Å²) in [6.07, 6.45) is 1.11. The largest absolute Gasteiger partial charge is 0.496 e. The standard InChI is InChI=1S/C26H32N4O3/c1-17(2)16-27-26(31)33-19-11-13-30(14-12-19)25-20-10-9-18(3)15-22(20)28-24(29-25)21-7-5-6-8-23(21)32-4/h5-10,15,17,19H,11-14,16H2,1-4H3,(H,27,31). The maximum atomic E-state index is 12.1. The first-order chi connectivity index (χ1) is 15.9. The summed E-state index contributed by atoms with van der Waals surface area (Å²) in [7, 11) is 1.66. The van der Waals surface area contributed by atoms with Gasteiger partial charge in [0.15, 0.2) is 5.82 Å². The molecule has 1 saturated heterocycles. The van der Waals surface area contributed by atoms with Gasteiger partial charge >= 0.3 is 6.09 Å². The van der Waals surface area contributed by atoms with Crippen molar-refractivity contribution in [2.45, 2.75) is 39.7 Å². The van der Waals surface area contributed by atoms with Crippen LogP contribution in [0.2, 0.25) is 0 Å². The minimum absolute atomic E-state index is 0.0857. The number of para-hydroxylation sites is 1. The van der Waals surface area contributed by atoms with Crippen molar-refractivity contribution < 1.29 is 14.3 Å². The van der Waals surface area contributed by atoms with Gasteiger partial charge in [0.1, 0.15) is 17.7 Å². The van der Waals surface area contributed by atoms with Crippen LogP contribution in [0.15, 0.2) is 42.5 Å². The lowest BCUT2D eigenvalue weighted by atomic mass is 10.1. The van der Waals surface area contributed by atoms with E-state index in [1.54, 1.807) is 7.11 Å². The number of hydrogen-bond acceptors (Lipinski definition) is 6. The molecule has 1 fully saturated rings. The molecule has 2 aromatic carbocycles. The second-order valence-corrected chi connectivity index (χ2v) is 8.96. The molecule has 33 heavy (non-hydrogen) atoms. The number of methoxy groups -OCH3 is 1. The lowest BCUT2D eigenvalue weighted by Gasteiger charge is -2.33. The molecule has 0 unspecified atom stereocenters. The van der Waals surface area contributed by atoms with Crippen molar-refractivity contribution in [3.05, 3.63) is 48.0 Å². The molecule has 1 N–H and O–H groups in total. The zero-order valence-corrected chi connectivity index (χ0v) is 19.8. The first kappa shape index (κ1) is 22.8. The van der Waals surface area contributed by atoms with E-state index in [-0.39, 0.29) is 12.2 Å². The molecule has 4 rings (SSSR count). The van der Waals surface area contributed by atoms with Crippen molar-refractivity contribution >= 4 is 22.8 Å². The third-order valence-electron chi connectivity index (χ3n) is 5.85. The minimum Gasteiger partial charge on any atom is -0.496 e. The molecule has 0 aliphatic carbocycles. The number of nitrogens with zero attached hydrogens (tertiary/aromatic N) is 3. The van der Waals surface area contributed by atoms with E-state index in [0.717, 1.165) is 59.5 Å². The topological polar surface area (TPSA) is 76.6 Å². The Morgan fingerprint density at radius 2 is 1.91 bits per heavy atom. The fraction of sp³-hybridized carbons (Fsp3) is 0.423. The van der Waals surface area contributed by atoms with Crippen molar-refractivity contribution in [2.75, 3.05) is 31.6 Å². The number of alkyl carbamates (subject to hydrolysis) is 1. The highest BCUT2D eigenvalue weighted by Gasteiger charge is 2.25. The number of rotatable bonds is 6. The number of nitrogens with one attached hydrogen (secondary N) is 1. The number of aromatic nitrogens is 2. The molecule has 1 aliphatic heterocycles. The van der Waals surface area contributed by atoms with E-state index in [1.165, 1.54) is 0 Å². The van der Waals surface area contributed by atoms with Crippen LogP contribution < -0.4 is 15.0 Å². The van der Waals surface area contributed by atoms with Gasteiger partial charge in [0.2, 0.25) is 0 Å². The van der Waals surface area contributed by atoms with Crippen molar-refractivity contribution in [1.82, 2.24) is 15.3 Å². The second-order valence-electron chi connectivity index (χ2n) is 8.96. The Hall–Kier alpha value is -3.35. The first-order valence-electron chi connectivity index (χ1n) is 11.6. The predicted octanol–water partition coefficient (Wildman–Crippen LogP) is 4.96. The third-order valence-corrected chi connectivity index (χ3v) is 5.85. The molecule has 0 radical (unpaired) electrons. The lowest BCUT2D eigenvalue weighted by Crippen LogP contribution is -2.40. The summed E-state index contributed by atoms with van der Waals surface area (Å²) in [5.41, 5.74) is 2.93. The van der Waals surface area contributed by atoms with E-state index >= 15 is 0 Å². The number of hydrogen-bond donors (Lipinski definition) is 1. The number of piperidine rings is 1. The Morgan fingerprint density at radius 3 is 2.64 bits per heavy atom. The van der Waals surface area contributed by atoms with Gasteiger partial charge in [-0.2, -0.15) is 0 Å². The Morgan fingerprint density at radius 1 is 1.15 bits per heavy atom. The number of carbonyl (C=O) groups excluding carboxylic acids is 1. The normalized spacial score (nSPS) is 14.5. The number of ether oxygens (including phenoxy) is 2. The van der Waals surface area contributed by atoms with Gasteiger partial charge in [0.05, 0.1) is 18.2 Å². The van der Waals surface area contributed by atoms with Gasteiger partial charge in [-0.25, -0.2) is 14.8 Å². The number of anilines is 1. The molecule has 0 bridgehead atoms. The lowest BCUT2D eigenvalue weighted by molar-refractivity contribution is 0.0825. The van der Waals surface area contributed by atoms with E-state index in [2.05, 4.69) is 49.2 Å². The van der Waals surface area contributed by atoms with Gasteiger partial charge in [0, 0.05) is 37.9 Å². The Labute approximate surface area is 195 Å². The number of fused-ring (bicyclic) bond motifs is 1. The number of amides is 1. The quantitative estimate of drug-likeness (QED) is 0.574. The summed E-state index contributed by atoms with van der Waals surface area (Å²) in [5, 5.41) is 3.85. The van der Waals surface area contributed by atoms with Crippen LogP contribution in [0.25, 0.3) is 22.3 Å². The average molecular weight is 449 g/mol. The van der Waals surface area contributed by atoms with Crippen molar-refractivity contribution in [2.24, 2.45) is 5.92 Å². The summed E-state index contributed by atoms with van der Waals surface area (Å²) >= 11 is 0. The fourth-order valence-corrected chi connectivity index (χ4v) is 4.08. The first-order valence-corrected chi connectivity index (χ1v) is 11.6. The molecule has 1 aromatic heterocycles. The molecule has 0 atom stereocenters. The Bertz CT molecular complexity index is 1120. The third kappa shape index (κ3) is 5.35. The monoisotopic (exact) mass is 448 g/mol. The maximum Gasteiger partial charge on any atom is 0.407 e. The summed E-state index contributed by atoms with van der Waals surface area (Å²) < 4.78 is 11.2. The van der Waals surface area contributed by atoms with Gasteiger partial charge < -0.3 is 19.7 Å². The molecule has 1 amide bonds. The van der Waals surface area contributed by atoms with Crippen LogP contribution in [0.5, 0.6) is 5.75 Å². The predicted molar refractivity (Wildman–Crippen MR) is 131 cm³/mol. The number of benzene rings is 2. The highest BCUT2D eigenvalue weighted by atomic mass is 16.6. The molecule has 2 heterocycles. The van der Waals surface area contributed by atoms with E-state index in [4.69, 9.17) is 19.4 Å². The molecule has 174 valence electrons. The van der Waals surface area contributed by atoms with E-state index < -0.39 is 0 Å². The molecule has 1 aliphatic rings. The zero-order chi connectivity index (χ0) is 23.4. The van der Waals surface area contributed by atoms with Crippen LogP contribution in [0, 0.1) is 12.8 Å². The van der Waals surface area contributed by atoms with Crippen molar-refractivity contribution in [1.29, 1.82) is 0 Å². The summed E-state index contributed by atoms with van der Waals surface area (Å²) in [5.74, 6) is 2.69. The molecule has 7 nitrogen and oxygen atoms in total. The van der Waals surface area contributed by atoms with E-state index in [9.17, 15) is 4.79 Å². The van der Waals surface area contributed by atoms with Crippen LogP contribution in [0.3, 0.4) is 0 Å². The summed E-state index contributed by atoms with van der Waals surface area (Å²) in [4.78, 5) is 24.2. The smallest absolute Gasteiger partial charge is 0.407 e. The molecular weight excluding hydrogens is 416 g/mol. The Kier molecular flexibility index (Phi) is 6.96. The van der Waals surface area contributed by atoms with E-state index in [0.29, 0.717) is 18.3 Å². The SMILES string of the molecule is COc1ccccc1-c1nc(N2CCC(OC(=O)NCC(C)C)CC2)c2ccc(C)cc2n1. The average Bonchev–Trinajstić information content (AvgIpc) is 2.82. The van der Waals surface area contributed by atoms with Crippen LogP contribution in [0.1, 0.15) is 32.3 Å². The van der Waals surface area contributed by atoms with Crippen LogP contribution >= 0.6 is 0 Å². The van der Waals surface area contributed by atoms with Gasteiger partial charge in [-0.15, -0.1) is 0 Å². The zero-order valence-electron chi connectivity index (χ0n) is 19.8. The van der Waals surface area contributed by atoms with Crippen LogP contribution in [-0.4, -0.2) is 48.9 Å². The fourth-order valence-electron chi connectivity index (χ4n) is 4.08. The molecule has 7 heteroatoms. The summed E-state index contributed by atoms with van der Waals surface area (Å²) in [6.45, 7) is 8.32. The maximum absolute atomic E-state index is 12.1. The molecular formula is C26H32N4O3. The minimum atomic E-state index is -0.330. The van der Waals surface area contributed by atoms with Crippen molar-refractivity contribution in [3.63, 3.8) is 0 Å². The van der Waals surface area contributed by atoms with Gasteiger partial charge in [-0.3, -0.25) is 0 Å². The van der Waals surface area contributed by atoms with Crippen LogP contribution in [0.4, 0.5) is 10.6 Å². The molecule has 0 saturated carbocycles. The number of aryl methyl sites for hydroxylation is 1. The molecule has 3 aromatic rings. The second kappa shape index (κ2) is 10.1. The van der Waals surface area contributed by atoms with Gasteiger partial charge in [-0.1, -0.05) is 32.0 Å². The van der Waals surface area contributed by atoms with E-state index in [1.807, 2.05) is 24.3 Å². The Balaban J connectivity index is 1.58. The molecule has 0 spiro atoms. The van der Waals surface area contributed by atoms with Gasteiger partial charge in [0.25, 0.3) is 0 Å². The van der Waals surface area contributed by atoms with Crippen molar-refractivity contribution in [3.8, 4) is 17.1 Å². The van der Waals surface area contributed by atoms with Crippen LogP contribution in [-0.2, 0) is 4.74 Å². The highest BCUT2D eigenvalue weighted by Crippen LogP contribution is 2.33. The summed E-state index contributed by atoms with van der Waals surface area (Å²) in [6, 6.07) is 14.1.